The van der Waals surface area contributed by atoms with Crippen LogP contribution in [-0.2, 0) is 0 Å². The minimum atomic E-state index is -0.297. The summed E-state index contributed by atoms with van der Waals surface area (Å²) in [6.07, 6.45) is 0.515. The predicted molar refractivity (Wildman–Crippen MR) is 93.5 cm³/mol. The van der Waals surface area contributed by atoms with Gasteiger partial charge in [0.15, 0.2) is 6.29 Å². The third-order valence-electron chi connectivity index (χ3n) is 3.80. The SMILES string of the molecule is CC(C)c1nc2c(C=O)c(O)ccc2c(=O)n1-c1ccc(Cl)cc1. The number of carbonyl (C=O) groups is 1. The van der Waals surface area contributed by atoms with Gasteiger partial charge in [0.2, 0.25) is 0 Å². The number of halogens is 1. The summed E-state index contributed by atoms with van der Waals surface area (Å²) >= 11 is 5.92. The van der Waals surface area contributed by atoms with Crippen LogP contribution in [0, 0.1) is 0 Å². The van der Waals surface area contributed by atoms with E-state index in [2.05, 4.69) is 4.98 Å². The van der Waals surface area contributed by atoms with Crippen LogP contribution in [-0.4, -0.2) is 20.9 Å². The van der Waals surface area contributed by atoms with Gasteiger partial charge in [-0.15, -0.1) is 0 Å². The van der Waals surface area contributed by atoms with Crippen LogP contribution in [0.1, 0.15) is 35.9 Å². The summed E-state index contributed by atoms with van der Waals surface area (Å²) in [5.41, 5.74) is 0.580. The van der Waals surface area contributed by atoms with Crippen LogP contribution >= 0.6 is 11.6 Å². The molecule has 3 rings (SSSR count). The van der Waals surface area contributed by atoms with E-state index in [-0.39, 0.29) is 33.7 Å². The minimum Gasteiger partial charge on any atom is -0.507 e. The Hall–Kier alpha value is -2.66. The number of rotatable bonds is 3. The van der Waals surface area contributed by atoms with E-state index in [0.29, 0.717) is 22.8 Å². The number of carbonyl (C=O) groups excluding carboxylic acids is 1. The van der Waals surface area contributed by atoms with Crippen molar-refractivity contribution in [1.82, 2.24) is 9.55 Å². The van der Waals surface area contributed by atoms with Crippen molar-refractivity contribution < 1.29 is 9.90 Å². The Morgan fingerprint density at radius 2 is 1.83 bits per heavy atom. The number of hydrogen-bond donors (Lipinski definition) is 1. The van der Waals surface area contributed by atoms with Crippen molar-refractivity contribution in [3.8, 4) is 11.4 Å². The molecule has 0 aliphatic heterocycles. The fraction of sp³-hybridized carbons (Fsp3) is 0.167. The lowest BCUT2D eigenvalue weighted by molar-refractivity contribution is 0.112. The largest absolute Gasteiger partial charge is 0.507 e. The molecule has 6 heteroatoms. The summed E-state index contributed by atoms with van der Waals surface area (Å²) in [5, 5.41) is 10.7. The van der Waals surface area contributed by atoms with Gasteiger partial charge >= 0.3 is 0 Å². The Bertz CT molecular complexity index is 992. The summed E-state index contributed by atoms with van der Waals surface area (Å²) in [7, 11) is 0. The normalized spacial score (nSPS) is 11.2. The number of phenolic OH excluding ortho intramolecular Hbond substituents is 1. The standard InChI is InChI=1S/C18H15ClN2O3/c1-10(2)17-20-16-13(7-8-15(23)14(16)9-22)18(24)21(17)12-5-3-11(19)4-6-12/h3-10,23H,1-2H3. The first-order chi connectivity index (χ1) is 11.4. The minimum absolute atomic E-state index is 0.0229. The van der Waals surface area contributed by atoms with Gasteiger partial charge < -0.3 is 5.11 Å². The van der Waals surface area contributed by atoms with Gasteiger partial charge in [0.25, 0.3) is 5.56 Å². The summed E-state index contributed by atoms with van der Waals surface area (Å²) in [4.78, 5) is 28.8. The van der Waals surface area contributed by atoms with Crippen LogP contribution in [0.3, 0.4) is 0 Å². The molecule has 24 heavy (non-hydrogen) atoms. The van der Waals surface area contributed by atoms with E-state index < -0.39 is 0 Å². The zero-order valence-electron chi connectivity index (χ0n) is 13.2. The maximum atomic E-state index is 13.0. The molecule has 0 saturated carbocycles. The molecule has 3 aromatic rings. The number of hydrogen-bond acceptors (Lipinski definition) is 4. The van der Waals surface area contributed by atoms with E-state index in [1.54, 1.807) is 24.3 Å². The van der Waals surface area contributed by atoms with Crippen LogP contribution in [0.25, 0.3) is 16.6 Å². The fourth-order valence-electron chi connectivity index (χ4n) is 2.62. The van der Waals surface area contributed by atoms with Crippen LogP contribution < -0.4 is 5.56 Å². The van der Waals surface area contributed by atoms with Gasteiger partial charge in [-0.05, 0) is 36.4 Å². The maximum Gasteiger partial charge on any atom is 0.266 e. The molecule has 0 radical (unpaired) electrons. The Balaban J connectivity index is 2.45. The van der Waals surface area contributed by atoms with Crippen molar-refractivity contribution >= 4 is 28.8 Å². The van der Waals surface area contributed by atoms with Crippen LogP contribution in [0.4, 0.5) is 0 Å². The Morgan fingerprint density at radius 3 is 2.42 bits per heavy atom. The zero-order chi connectivity index (χ0) is 17.4. The molecule has 0 aliphatic rings. The Kier molecular flexibility index (Phi) is 4.11. The lowest BCUT2D eigenvalue weighted by atomic mass is 10.1. The van der Waals surface area contributed by atoms with Gasteiger partial charge in [-0.3, -0.25) is 14.2 Å². The number of aromatic hydroxyl groups is 1. The highest BCUT2D eigenvalue weighted by Crippen LogP contribution is 2.25. The molecule has 0 amide bonds. The molecule has 0 aliphatic carbocycles. The summed E-state index contributed by atoms with van der Waals surface area (Å²) in [6, 6.07) is 9.69. The Labute approximate surface area is 143 Å². The molecular weight excluding hydrogens is 328 g/mol. The second-order valence-electron chi connectivity index (χ2n) is 5.75. The third kappa shape index (κ3) is 2.57. The van der Waals surface area contributed by atoms with Gasteiger partial charge in [-0.1, -0.05) is 25.4 Å². The molecule has 5 nitrogen and oxygen atoms in total. The first kappa shape index (κ1) is 16.2. The van der Waals surface area contributed by atoms with Crippen molar-refractivity contribution in [2.24, 2.45) is 0 Å². The number of nitrogens with zero attached hydrogens (tertiary/aromatic N) is 2. The molecule has 0 bridgehead atoms. The highest BCUT2D eigenvalue weighted by molar-refractivity contribution is 6.30. The van der Waals surface area contributed by atoms with Gasteiger partial charge in [0, 0.05) is 10.9 Å². The molecule has 2 aromatic carbocycles. The van der Waals surface area contributed by atoms with Crippen molar-refractivity contribution in [3.05, 3.63) is 63.2 Å². The topological polar surface area (TPSA) is 72.2 Å². The predicted octanol–water partition coefficient (Wildman–Crippen LogP) is 3.68. The van der Waals surface area contributed by atoms with E-state index in [1.165, 1.54) is 16.7 Å². The average molecular weight is 343 g/mol. The number of fused-ring (bicyclic) bond motifs is 1. The molecule has 0 spiro atoms. The molecule has 0 unspecified atom stereocenters. The van der Waals surface area contributed by atoms with Gasteiger partial charge in [-0.25, -0.2) is 4.98 Å². The number of benzene rings is 2. The highest BCUT2D eigenvalue weighted by atomic mass is 35.5. The highest BCUT2D eigenvalue weighted by Gasteiger charge is 2.18. The first-order valence-electron chi connectivity index (χ1n) is 7.43. The summed E-state index contributed by atoms with van der Waals surface area (Å²) in [6.45, 7) is 3.81. The maximum absolute atomic E-state index is 13.0. The second-order valence-corrected chi connectivity index (χ2v) is 6.19. The van der Waals surface area contributed by atoms with Crippen molar-refractivity contribution in [1.29, 1.82) is 0 Å². The van der Waals surface area contributed by atoms with E-state index in [1.807, 2.05) is 13.8 Å². The van der Waals surface area contributed by atoms with Crippen LogP contribution in [0.15, 0.2) is 41.2 Å². The van der Waals surface area contributed by atoms with Crippen LogP contribution in [0.5, 0.6) is 5.75 Å². The van der Waals surface area contributed by atoms with Crippen molar-refractivity contribution in [3.63, 3.8) is 0 Å². The van der Waals surface area contributed by atoms with Gasteiger partial charge in [-0.2, -0.15) is 0 Å². The zero-order valence-corrected chi connectivity index (χ0v) is 13.9. The molecule has 0 atom stereocenters. The summed E-state index contributed by atoms with van der Waals surface area (Å²) in [5.74, 6) is 0.242. The molecule has 1 aromatic heterocycles. The molecule has 122 valence electrons. The van der Waals surface area contributed by atoms with Crippen LogP contribution in [0.2, 0.25) is 5.02 Å². The third-order valence-corrected chi connectivity index (χ3v) is 4.05. The number of aldehydes is 1. The lowest BCUT2D eigenvalue weighted by Crippen LogP contribution is -2.25. The quantitative estimate of drug-likeness (QED) is 0.737. The summed E-state index contributed by atoms with van der Waals surface area (Å²) < 4.78 is 1.51. The molecular formula is C18H15ClN2O3. The first-order valence-corrected chi connectivity index (χ1v) is 7.81. The van der Waals surface area contributed by atoms with E-state index >= 15 is 0 Å². The molecule has 1 heterocycles. The van der Waals surface area contributed by atoms with Crippen molar-refractivity contribution in [2.75, 3.05) is 0 Å². The van der Waals surface area contributed by atoms with Gasteiger partial charge in [0.05, 0.1) is 22.2 Å². The number of aromatic nitrogens is 2. The smallest absolute Gasteiger partial charge is 0.266 e. The van der Waals surface area contributed by atoms with E-state index in [0.717, 1.165) is 0 Å². The van der Waals surface area contributed by atoms with E-state index in [4.69, 9.17) is 11.6 Å². The second kappa shape index (κ2) is 6.09. The molecule has 1 N–H and O–H groups in total. The fourth-order valence-corrected chi connectivity index (χ4v) is 2.75. The van der Waals surface area contributed by atoms with Crippen molar-refractivity contribution in [2.45, 2.75) is 19.8 Å². The monoisotopic (exact) mass is 342 g/mol. The lowest BCUT2D eigenvalue weighted by Gasteiger charge is -2.16. The number of phenols is 1. The van der Waals surface area contributed by atoms with Gasteiger partial charge in [0.1, 0.15) is 11.6 Å². The average Bonchev–Trinajstić information content (AvgIpc) is 2.55. The molecule has 0 saturated heterocycles. The van der Waals surface area contributed by atoms with E-state index in [9.17, 15) is 14.7 Å². The Morgan fingerprint density at radius 1 is 1.17 bits per heavy atom. The molecule has 0 fully saturated rings.